The number of non-ortho nitro benzene ring substituents is 1. The van der Waals surface area contributed by atoms with Crippen LogP contribution in [0.5, 0.6) is 0 Å². The Labute approximate surface area is 79.5 Å². The molecule has 0 unspecified atom stereocenters. The summed E-state index contributed by atoms with van der Waals surface area (Å²) >= 11 is 5.65. The van der Waals surface area contributed by atoms with Crippen LogP contribution in [0.15, 0.2) is 12.1 Å². The first-order chi connectivity index (χ1) is 6.06. The molecule has 0 saturated heterocycles. The Morgan fingerprint density at radius 2 is 2.23 bits per heavy atom. The molecule has 0 amide bonds. The lowest BCUT2D eigenvalue weighted by atomic mass is 10.1. The highest BCUT2D eigenvalue weighted by Crippen LogP contribution is 2.25. The maximum Gasteiger partial charge on any atom is 0.271 e. The average molecular weight is 197 g/mol. The molecule has 0 radical (unpaired) electrons. The van der Waals surface area contributed by atoms with Gasteiger partial charge in [-0.05, 0) is 12.5 Å². The molecule has 13 heavy (non-hydrogen) atoms. The summed E-state index contributed by atoms with van der Waals surface area (Å²) in [6.45, 7) is 1.61. The highest BCUT2D eigenvalue weighted by Gasteiger charge is 2.12. The average Bonchev–Trinajstić information content (AvgIpc) is 2.03. The third-order valence-corrected chi connectivity index (χ3v) is 1.89. The molecule has 0 atom stereocenters. The number of nitriles is 1. The zero-order chi connectivity index (χ0) is 10.0. The van der Waals surface area contributed by atoms with E-state index in [9.17, 15) is 10.1 Å². The lowest BCUT2D eigenvalue weighted by molar-refractivity contribution is -0.384. The van der Waals surface area contributed by atoms with Crippen LogP contribution in [0, 0.1) is 28.4 Å². The lowest BCUT2D eigenvalue weighted by Gasteiger charge is -1.99. The Morgan fingerprint density at radius 3 is 2.62 bits per heavy atom. The van der Waals surface area contributed by atoms with Gasteiger partial charge in [-0.15, -0.1) is 0 Å². The van der Waals surface area contributed by atoms with Gasteiger partial charge in [0.1, 0.15) is 6.07 Å². The zero-order valence-electron chi connectivity index (χ0n) is 6.74. The van der Waals surface area contributed by atoms with Crippen molar-refractivity contribution in [3.8, 4) is 6.07 Å². The van der Waals surface area contributed by atoms with Crippen LogP contribution < -0.4 is 0 Å². The van der Waals surface area contributed by atoms with Crippen LogP contribution in [-0.2, 0) is 0 Å². The third kappa shape index (κ3) is 1.76. The number of hydrogen-bond donors (Lipinski definition) is 0. The summed E-state index contributed by atoms with van der Waals surface area (Å²) in [6, 6.07) is 4.37. The fourth-order valence-electron chi connectivity index (χ4n) is 0.973. The Bertz CT molecular complexity index is 386. The number of halogens is 1. The van der Waals surface area contributed by atoms with Gasteiger partial charge in [-0.3, -0.25) is 10.1 Å². The molecule has 0 aliphatic heterocycles. The Balaban J connectivity index is 3.39. The highest BCUT2D eigenvalue weighted by atomic mass is 35.5. The van der Waals surface area contributed by atoms with Crippen molar-refractivity contribution >= 4 is 17.3 Å². The van der Waals surface area contributed by atoms with E-state index < -0.39 is 4.92 Å². The van der Waals surface area contributed by atoms with Crippen LogP contribution in [0.1, 0.15) is 11.1 Å². The summed E-state index contributed by atoms with van der Waals surface area (Å²) in [5.74, 6) is 0. The Hall–Kier alpha value is -1.60. The highest BCUT2D eigenvalue weighted by molar-refractivity contribution is 6.32. The van der Waals surface area contributed by atoms with Crippen molar-refractivity contribution in [3.05, 3.63) is 38.4 Å². The van der Waals surface area contributed by atoms with E-state index in [1.807, 2.05) is 6.07 Å². The molecule has 0 bridgehead atoms. The van der Waals surface area contributed by atoms with Gasteiger partial charge in [-0.25, -0.2) is 0 Å². The van der Waals surface area contributed by atoms with Crippen molar-refractivity contribution < 1.29 is 4.92 Å². The van der Waals surface area contributed by atoms with E-state index in [-0.39, 0.29) is 16.3 Å². The standard InChI is InChI=1S/C8H5ClN2O2/c1-5-2-6(11(12)13)3-8(9)7(5)4-10/h2-3H,1H3. The number of nitro benzene ring substituents is 1. The van der Waals surface area contributed by atoms with Gasteiger partial charge in [-0.2, -0.15) is 5.26 Å². The molecule has 1 rings (SSSR count). The fourth-order valence-corrected chi connectivity index (χ4v) is 1.28. The van der Waals surface area contributed by atoms with Crippen molar-refractivity contribution in [2.45, 2.75) is 6.92 Å². The van der Waals surface area contributed by atoms with Gasteiger partial charge >= 0.3 is 0 Å². The van der Waals surface area contributed by atoms with E-state index in [2.05, 4.69) is 0 Å². The number of nitro groups is 1. The van der Waals surface area contributed by atoms with Crippen LogP contribution in [0.4, 0.5) is 5.69 Å². The lowest BCUT2D eigenvalue weighted by Crippen LogP contribution is -1.91. The fraction of sp³-hybridized carbons (Fsp3) is 0.125. The molecule has 0 spiro atoms. The van der Waals surface area contributed by atoms with Gasteiger partial charge in [-0.1, -0.05) is 11.6 Å². The van der Waals surface area contributed by atoms with Crippen LogP contribution in [-0.4, -0.2) is 4.92 Å². The van der Waals surface area contributed by atoms with Gasteiger partial charge < -0.3 is 0 Å². The molecule has 0 saturated carbocycles. The maximum atomic E-state index is 10.4. The van der Waals surface area contributed by atoms with E-state index in [0.717, 1.165) is 0 Å². The summed E-state index contributed by atoms with van der Waals surface area (Å²) in [7, 11) is 0. The first kappa shape index (κ1) is 9.49. The topological polar surface area (TPSA) is 66.9 Å². The summed E-state index contributed by atoms with van der Waals surface area (Å²) in [6.07, 6.45) is 0. The van der Waals surface area contributed by atoms with E-state index in [1.54, 1.807) is 6.92 Å². The predicted molar refractivity (Wildman–Crippen MR) is 47.6 cm³/mol. The molecular weight excluding hydrogens is 192 g/mol. The second-order valence-corrected chi connectivity index (χ2v) is 2.90. The molecule has 5 heteroatoms. The summed E-state index contributed by atoms with van der Waals surface area (Å²) in [4.78, 5) is 9.83. The number of benzene rings is 1. The minimum Gasteiger partial charge on any atom is -0.258 e. The first-order valence-corrected chi connectivity index (χ1v) is 3.78. The van der Waals surface area contributed by atoms with Gasteiger partial charge in [0, 0.05) is 12.1 Å². The molecule has 1 aromatic rings. The van der Waals surface area contributed by atoms with E-state index >= 15 is 0 Å². The molecule has 0 aliphatic rings. The SMILES string of the molecule is Cc1cc([N+](=O)[O-])cc(Cl)c1C#N. The van der Waals surface area contributed by atoms with Crippen LogP contribution >= 0.6 is 11.6 Å². The quantitative estimate of drug-likeness (QED) is 0.512. The molecule has 0 fully saturated rings. The first-order valence-electron chi connectivity index (χ1n) is 3.41. The smallest absolute Gasteiger partial charge is 0.258 e. The van der Waals surface area contributed by atoms with Crippen molar-refractivity contribution in [2.75, 3.05) is 0 Å². The molecular formula is C8H5ClN2O2. The monoisotopic (exact) mass is 196 g/mol. The third-order valence-electron chi connectivity index (χ3n) is 1.59. The molecule has 66 valence electrons. The Morgan fingerprint density at radius 1 is 1.62 bits per heavy atom. The van der Waals surface area contributed by atoms with Crippen LogP contribution in [0.3, 0.4) is 0 Å². The molecule has 0 N–H and O–H groups in total. The zero-order valence-corrected chi connectivity index (χ0v) is 7.50. The van der Waals surface area contributed by atoms with Crippen molar-refractivity contribution in [2.24, 2.45) is 0 Å². The summed E-state index contributed by atoms with van der Waals surface area (Å²) in [5, 5.41) is 19.1. The van der Waals surface area contributed by atoms with Crippen LogP contribution in [0.2, 0.25) is 5.02 Å². The molecule has 0 heterocycles. The summed E-state index contributed by atoms with van der Waals surface area (Å²) in [5.41, 5.74) is 0.704. The van der Waals surface area contributed by atoms with Crippen molar-refractivity contribution in [1.82, 2.24) is 0 Å². The van der Waals surface area contributed by atoms with Gasteiger partial charge in [0.15, 0.2) is 0 Å². The predicted octanol–water partition coefficient (Wildman–Crippen LogP) is 2.43. The van der Waals surface area contributed by atoms with Gasteiger partial charge in [0.2, 0.25) is 0 Å². The second-order valence-electron chi connectivity index (χ2n) is 2.49. The van der Waals surface area contributed by atoms with Gasteiger partial charge in [0.05, 0.1) is 15.5 Å². The second kappa shape index (κ2) is 3.42. The van der Waals surface area contributed by atoms with E-state index in [4.69, 9.17) is 16.9 Å². The van der Waals surface area contributed by atoms with Gasteiger partial charge in [0.25, 0.3) is 5.69 Å². The van der Waals surface area contributed by atoms with E-state index in [1.165, 1.54) is 12.1 Å². The minimum absolute atomic E-state index is 0.0958. The number of nitrogens with zero attached hydrogens (tertiary/aromatic N) is 2. The molecule has 0 aromatic heterocycles. The molecule has 0 aliphatic carbocycles. The van der Waals surface area contributed by atoms with Crippen molar-refractivity contribution in [1.29, 1.82) is 5.26 Å². The summed E-state index contributed by atoms with van der Waals surface area (Å²) < 4.78 is 0. The minimum atomic E-state index is -0.542. The Kier molecular flexibility index (Phi) is 2.49. The van der Waals surface area contributed by atoms with Crippen LogP contribution in [0.25, 0.3) is 0 Å². The largest absolute Gasteiger partial charge is 0.271 e. The number of aryl methyl sites for hydroxylation is 1. The molecule has 4 nitrogen and oxygen atoms in total. The number of rotatable bonds is 1. The van der Waals surface area contributed by atoms with Crippen molar-refractivity contribution in [3.63, 3.8) is 0 Å². The molecule has 1 aromatic carbocycles. The normalized spacial score (nSPS) is 9.31. The number of hydrogen-bond acceptors (Lipinski definition) is 3. The maximum absolute atomic E-state index is 10.4. The van der Waals surface area contributed by atoms with E-state index in [0.29, 0.717) is 5.56 Å².